The van der Waals surface area contributed by atoms with Gasteiger partial charge in [-0.1, -0.05) is 18.2 Å². The maximum absolute atomic E-state index is 12.7. The van der Waals surface area contributed by atoms with Crippen molar-refractivity contribution in [3.8, 4) is 5.75 Å². The van der Waals surface area contributed by atoms with Gasteiger partial charge in [0.25, 0.3) is 5.91 Å². The van der Waals surface area contributed by atoms with E-state index in [1.807, 2.05) is 37.3 Å². The van der Waals surface area contributed by atoms with Gasteiger partial charge in [-0.25, -0.2) is 0 Å². The van der Waals surface area contributed by atoms with Crippen LogP contribution in [0.25, 0.3) is 0 Å². The Hall–Kier alpha value is -2.83. The molecule has 1 fully saturated rings. The van der Waals surface area contributed by atoms with Crippen LogP contribution in [0.4, 0.5) is 0 Å². The molecule has 1 saturated heterocycles. The van der Waals surface area contributed by atoms with E-state index in [-0.39, 0.29) is 12.0 Å². The molecule has 2 amide bonds. The van der Waals surface area contributed by atoms with Gasteiger partial charge in [-0.05, 0) is 25.1 Å². The van der Waals surface area contributed by atoms with E-state index < -0.39 is 11.9 Å². The van der Waals surface area contributed by atoms with Gasteiger partial charge in [0.2, 0.25) is 5.91 Å². The minimum absolute atomic E-state index is 0.276. The number of aromatic nitrogens is 2. The average Bonchev–Trinajstić information content (AvgIpc) is 3.22. The van der Waals surface area contributed by atoms with Crippen LogP contribution >= 0.6 is 0 Å². The number of rotatable bonds is 5. The SMILES string of the molecule is CCn1ccc(C(=O)N2C[C@@H](Oc3ccccc3)C[C@H]2C(N)=O)n1. The van der Waals surface area contributed by atoms with Crippen molar-refractivity contribution in [2.45, 2.75) is 32.0 Å². The summed E-state index contributed by atoms with van der Waals surface area (Å²) in [6.45, 7) is 2.92. The fourth-order valence-corrected chi connectivity index (χ4v) is 2.87. The Bertz CT molecular complexity index is 728. The molecule has 7 nitrogen and oxygen atoms in total. The van der Waals surface area contributed by atoms with E-state index in [9.17, 15) is 9.59 Å². The highest BCUT2D eigenvalue weighted by atomic mass is 16.5. The Balaban J connectivity index is 1.75. The van der Waals surface area contributed by atoms with Crippen molar-refractivity contribution < 1.29 is 14.3 Å². The Kier molecular flexibility index (Phi) is 4.50. The minimum Gasteiger partial charge on any atom is -0.488 e. The standard InChI is InChI=1S/C17H20N4O3/c1-2-20-9-8-14(19-20)17(23)21-11-13(10-15(21)16(18)22)24-12-6-4-3-5-7-12/h3-9,13,15H,2,10-11H2,1H3,(H2,18,22)/t13-,15-/m0/s1. The number of ether oxygens (including phenoxy) is 1. The molecule has 7 heteroatoms. The predicted molar refractivity (Wildman–Crippen MR) is 87.4 cm³/mol. The number of para-hydroxylation sites is 1. The average molecular weight is 328 g/mol. The zero-order valence-corrected chi connectivity index (χ0v) is 13.5. The normalized spacial score (nSPS) is 20.1. The van der Waals surface area contributed by atoms with Crippen LogP contribution in [0.5, 0.6) is 5.75 Å². The summed E-state index contributed by atoms with van der Waals surface area (Å²) < 4.78 is 7.54. The van der Waals surface area contributed by atoms with Gasteiger partial charge in [0, 0.05) is 19.2 Å². The fourth-order valence-electron chi connectivity index (χ4n) is 2.87. The molecule has 2 N–H and O–H groups in total. The highest BCUT2D eigenvalue weighted by molar-refractivity contribution is 5.96. The first-order valence-corrected chi connectivity index (χ1v) is 7.94. The lowest BCUT2D eigenvalue weighted by atomic mass is 10.2. The maximum Gasteiger partial charge on any atom is 0.275 e. The van der Waals surface area contributed by atoms with E-state index in [4.69, 9.17) is 10.5 Å². The number of primary amides is 1. The summed E-state index contributed by atoms with van der Waals surface area (Å²) in [6.07, 6.45) is 1.84. The molecule has 2 heterocycles. The molecule has 0 spiro atoms. The summed E-state index contributed by atoms with van der Waals surface area (Å²) in [6, 6.07) is 10.3. The van der Waals surface area contributed by atoms with Gasteiger partial charge < -0.3 is 15.4 Å². The first kappa shape index (κ1) is 16.0. The number of carbonyl (C=O) groups excluding carboxylic acids is 2. The van der Waals surface area contributed by atoms with Gasteiger partial charge in [-0.2, -0.15) is 5.10 Å². The molecular formula is C17H20N4O3. The minimum atomic E-state index is -0.682. The second-order valence-electron chi connectivity index (χ2n) is 5.72. The third-order valence-corrected chi connectivity index (χ3v) is 4.08. The van der Waals surface area contributed by atoms with Gasteiger partial charge >= 0.3 is 0 Å². The first-order valence-electron chi connectivity index (χ1n) is 7.94. The van der Waals surface area contributed by atoms with Crippen molar-refractivity contribution in [2.24, 2.45) is 5.73 Å². The van der Waals surface area contributed by atoms with E-state index >= 15 is 0 Å². The molecule has 0 saturated carbocycles. The van der Waals surface area contributed by atoms with Crippen molar-refractivity contribution in [3.63, 3.8) is 0 Å². The number of nitrogens with zero attached hydrogens (tertiary/aromatic N) is 3. The summed E-state index contributed by atoms with van der Waals surface area (Å²) >= 11 is 0. The third kappa shape index (κ3) is 3.24. The molecule has 0 radical (unpaired) electrons. The quantitative estimate of drug-likeness (QED) is 0.888. The Morgan fingerprint density at radius 2 is 2.04 bits per heavy atom. The molecule has 1 aliphatic rings. The molecule has 1 aromatic carbocycles. The number of benzene rings is 1. The lowest BCUT2D eigenvalue weighted by Gasteiger charge is -2.20. The van der Waals surface area contributed by atoms with Crippen molar-refractivity contribution >= 4 is 11.8 Å². The molecule has 126 valence electrons. The molecule has 0 bridgehead atoms. The number of likely N-dealkylation sites (tertiary alicyclic amines) is 1. The fraction of sp³-hybridized carbons (Fsp3) is 0.353. The number of hydrogen-bond acceptors (Lipinski definition) is 4. The number of nitrogens with two attached hydrogens (primary N) is 1. The van der Waals surface area contributed by atoms with Crippen molar-refractivity contribution in [1.82, 2.24) is 14.7 Å². The second kappa shape index (κ2) is 6.74. The summed E-state index contributed by atoms with van der Waals surface area (Å²) in [5.41, 5.74) is 5.79. The monoisotopic (exact) mass is 328 g/mol. The number of carbonyl (C=O) groups is 2. The molecule has 1 aromatic heterocycles. The highest BCUT2D eigenvalue weighted by Crippen LogP contribution is 2.24. The maximum atomic E-state index is 12.7. The smallest absolute Gasteiger partial charge is 0.275 e. The van der Waals surface area contributed by atoms with Gasteiger partial charge in [-0.3, -0.25) is 14.3 Å². The Morgan fingerprint density at radius 3 is 2.67 bits per heavy atom. The summed E-state index contributed by atoms with van der Waals surface area (Å²) in [7, 11) is 0. The first-order chi connectivity index (χ1) is 11.6. The van der Waals surface area contributed by atoms with Crippen LogP contribution < -0.4 is 10.5 Å². The number of hydrogen-bond donors (Lipinski definition) is 1. The lowest BCUT2D eigenvalue weighted by molar-refractivity contribution is -0.121. The zero-order chi connectivity index (χ0) is 17.1. The van der Waals surface area contributed by atoms with Crippen molar-refractivity contribution in [2.75, 3.05) is 6.54 Å². The molecule has 2 atom stereocenters. The highest BCUT2D eigenvalue weighted by Gasteiger charge is 2.40. The van der Waals surface area contributed by atoms with E-state index in [0.717, 1.165) is 0 Å². The van der Waals surface area contributed by atoms with Crippen LogP contribution in [-0.2, 0) is 11.3 Å². The van der Waals surface area contributed by atoms with Crippen molar-refractivity contribution in [3.05, 3.63) is 48.3 Å². The predicted octanol–water partition coefficient (Wildman–Crippen LogP) is 1.05. The molecule has 24 heavy (non-hydrogen) atoms. The van der Waals surface area contributed by atoms with E-state index in [2.05, 4.69) is 5.10 Å². The Morgan fingerprint density at radius 1 is 1.29 bits per heavy atom. The van der Waals surface area contributed by atoms with Gasteiger partial charge in [0.15, 0.2) is 0 Å². The molecule has 0 aliphatic carbocycles. The molecule has 0 unspecified atom stereocenters. The zero-order valence-electron chi connectivity index (χ0n) is 13.5. The topological polar surface area (TPSA) is 90.5 Å². The van der Waals surface area contributed by atoms with Gasteiger partial charge in [0.1, 0.15) is 23.6 Å². The molecule has 1 aliphatic heterocycles. The van der Waals surface area contributed by atoms with Crippen LogP contribution in [0.3, 0.4) is 0 Å². The van der Waals surface area contributed by atoms with Gasteiger partial charge in [-0.15, -0.1) is 0 Å². The van der Waals surface area contributed by atoms with E-state index in [0.29, 0.717) is 31.0 Å². The second-order valence-corrected chi connectivity index (χ2v) is 5.72. The third-order valence-electron chi connectivity index (χ3n) is 4.08. The van der Waals surface area contributed by atoms with E-state index in [1.165, 1.54) is 4.90 Å². The number of amides is 2. The van der Waals surface area contributed by atoms with Crippen LogP contribution in [0.2, 0.25) is 0 Å². The summed E-state index contributed by atoms with van der Waals surface area (Å²) in [5, 5.41) is 4.21. The van der Waals surface area contributed by atoms with E-state index in [1.54, 1.807) is 16.9 Å². The van der Waals surface area contributed by atoms with Gasteiger partial charge in [0.05, 0.1) is 6.54 Å². The summed E-state index contributed by atoms with van der Waals surface area (Å²) in [5.74, 6) is -0.127. The van der Waals surface area contributed by atoms with Crippen LogP contribution in [0.1, 0.15) is 23.8 Å². The van der Waals surface area contributed by atoms with Crippen LogP contribution in [0, 0.1) is 0 Å². The summed E-state index contributed by atoms with van der Waals surface area (Å²) in [4.78, 5) is 25.9. The molecule has 3 rings (SSSR count). The lowest BCUT2D eigenvalue weighted by Crippen LogP contribution is -2.44. The molecule has 2 aromatic rings. The molecular weight excluding hydrogens is 308 g/mol. The van der Waals surface area contributed by atoms with Crippen molar-refractivity contribution in [1.29, 1.82) is 0 Å². The van der Waals surface area contributed by atoms with Crippen LogP contribution in [0.15, 0.2) is 42.6 Å². The number of aryl methyl sites for hydroxylation is 1. The Labute approximate surface area is 140 Å². The largest absolute Gasteiger partial charge is 0.488 e. The van der Waals surface area contributed by atoms with Crippen LogP contribution in [-0.4, -0.2) is 45.2 Å².